The first-order valence-electron chi connectivity index (χ1n) is 2.27. The molecule has 0 aliphatic heterocycles. The highest BCUT2D eigenvalue weighted by Crippen LogP contribution is 2.27. The first-order chi connectivity index (χ1) is 3.42. The smallest absolute Gasteiger partial charge is 0.304 e. The highest BCUT2D eigenvalue weighted by atomic mass is 31.2. The minimum Gasteiger partial charge on any atom is -0.304 e. The van der Waals surface area contributed by atoms with Gasteiger partial charge in [0.15, 0.2) is 0 Å². The van der Waals surface area contributed by atoms with Gasteiger partial charge in [-0.05, 0) is 13.8 Å². The van der Waals surface area contributed by atoms with Crippen LogP contribution in [0, 0.1) is 0 Å². The zero-order valence-corrected chi connectivity index (χ0v) is 5.89. The van der Waals surface area contributed by atoms with Gasteiger partial charge in [-0.15, -0.1) is 0 Å². The predicted octanol–water partition coefficient (Wildman–Crippen LogP) is 0.437. The number of rotatable bonds is 2. The largest absolute Gasteiger partial charge is 0.335 e. The normalized spacial score (nSPS) is 12.6. The Kier molecular flexibility index (Phi) is 2.63. The van der Waals surface area contributed by atoms with E-state index in [9.17, 15) is 4.57 Å². The van der Waals surface area contributed by atoms with E-state index in [0.717, 1.165) is 0 Å². The summed E-state index contributed by atoms with van der Waals surface area (Å²) in [6.45, 7) is 3.43. The molecule has 0 aromatic rings. The third-order valence-electron chi connectivity index (χ3n) is 0.376. The lowest BCUT2D eigenvalue weighted by atomic mass is 10.5. The van der Waals surface area contributed by atoms with E-state index in [1.54, 1.807) is 13.8 Å². The fourth-order valence-electron chi connectivity index (χ4n) is 0.329. The summed E-state index contributed by atoms with van der Waals surface area (Å²) in [5, 5.41) is 0. The molecule has 0 saturated carbocycles. The monoisotopic (exact) mass is 138 g/mol. The first-order valence-corrected chi connectivity index (χ1v) is 4.04. The summed E-state index contributed by atoms with van der Waals surface area (Å²) in [7, 11) is -3.22. The molecular weight excluding hydrogens is 127 g/mol. The van der Waals surface area contributed by atoms with E-state index in [0.29, 0.717) is 0 Å². The molecule has 0 radical (unpaired) electrons. The van der Waals surface area contributed by atoms with Crippen molar-refractivity contribution < 1.29 is 9.09 Å². The molecule has 0 bridgehead atoms. The maximum absolute atomic E-state index is 10.4. The molecule has 50 valence electrons. The number of hydrogen-bond donors (Lipinski definition) is 2. The van der Waals surface area contributed by atoms with E-state index in [1.807, 2.05) is 0 Å². The van der Waals surface area contributed by atoms with Crippen LogP contribution in [0.3, 0.4) is 0 Å². The Bertz CT molecular complexity index is 108. The fraction of sp³-hybridized carbons (Fsp3) is 1.00. The summed E-state index contributed by atoms with van der Waals surface area (Å²) in [6.07, 6.45) is -0.171. The quantitative estimate of drug-likeness (QED) is 0.542. The van der Waals surface area contributed by atoms with Crippen molar-refractivity contribution in [3.05, 3.63) is 0 Å². The third kappa shape index (κ3) is 6.11. The maximum atomic E-state index is 10.4. The van der Waals surface area contributed by atoms with Gasteiger partial charge in [-0.2, -0.15) is 0 Å². The lowest BCUT2D eigenvalue weighted by molar-refractivity contribution is 0.244. The van der Waals surface area contributed by atoms with E-state index in [1.165, 1.54) is 0 Å². The lowest BCUT2D eigenvalue weighted by Crippen LogP contribution is -2.12. The van der Waals surface area contributed by atoms with Gasteiger partial charge in [-0.3, -0.25) is 4.57 Å². The zero-order valence-electron chi connectivity index (χ0n) is 5.00. The molecular formula is C3H11N2O2P. The molecule has 0 amide bonds. The van der Waals surface area contributed by atoms with Crippen molar-refractivity contribution in [1.82, 2.24) is 0 Å². The molecule has 0 unspecified atom stereocenters. The van der Waals surface area contributed by atoms with E-state index in [2.05, 4.69) is 4.52 Å². The van der Waals surface area contributed by atoms with Crippen molar-refractivity contribution in [1.29, 1.82) is 0 Å². The Morgan fingerprint density at radius 3 is 1.88 bits per heavy atom. The Balaban J connectivity index is 3.56. The van der Waals surface area contributed by atoms with Crippen molar-refractivity contribution in [2.75, 3.05) is 0 Å². The number of hydrogen-bond acceptors (Lipinski definition) is 2. The SMILES string of the molecule is CC(C)OP(N)(N)=O. The van der Waals surface area contributed by atoms with Gasteiger partial charge in [0.05, 0.1) is 6.10 Å². The molecule has 0 rings (SSSR count). The van der Waals surface area contributed by atoms with Crippen molar-refractivity contribution in [3.63, 3.8) is 0 Å². The second-order valence-electron chi connectivity index (χ2n) is 1.80. The molecule has 0 fully saturated rings. The molecule has 8 heavy (non-hydrogen) atoms. The fourth-order valence-corrected chi connectivity index (χ4v) is 0.988. The molecule has 0 aliphatic carbocycles. The van der Waals surface area contributed by atoms with Gasteiger partial charge in [-0.25, -0.2) is 11.0 Å². The average Bonchev–Trinajstić information content (AvgIpc) is 1.21. The van der Waals surface area contributed by atoms with Crippen LogP contribution in [-0.4, -0.2) is 6.10 Å². The molecule has 5 heteroatoms. The first kappa shape index (κ1) is 8.11. The van der Waals surface area contributed by atoms with Crippen LogP contribution in [0.4, 0.5) is 0 Å². The third-order valence-corrected chi connectivity index (χ3v) is 1.13. The van der Waals surface area contributed by atoms with Gasteiger partial charge in [0.25, 0.3) is 0 Å². The second-order valence-corrected chi connectivity index (χ2v) is 3.30. The van der Waals surface area contributed by atoms with Crippen LogP contribution < -0.4 is 11.0 Å². The van der Waals surface area contributed by atoms with Crippen LogP contribution in [0.25, 0.3) is 0 Å². The summed E-state index contributed by atoms with van der Waals surface area (Å²) < 4.78 is 14.9. The zero-order chi connectivity index (χ0) is 6.78. The summed E-state index contributed by atoms with van der Waals surface area (Å²) in [5.41, 5.74) is 9.70. The van der Waals surface area contributed by atoms with Gasteiger partial charge >= 0.3 is 7.67 Å². The molecule has 0 saturated heterocycles. The summed E-state index contributed by atoms with van der Waals surface area (Å²) in [6, 6.07) is 0. The average molecular weight is 138 g/mol. The van der Waals surface area contributed by atoms with Crippen LogP contribution in [0.5, 0.6) is 0 Å². The van der Waals surface area contributed by atoms with Crippen LogP contribution in [0.2, 0.25) is 0 Å². The molecule has 0 atom stereocenters. The van der Waals surface area contributed by atoms with Crippen LogP contribution in [0.15, 0.2) is 0 Å². The van der Waals surface area contributed by atoms with E-state index >= 15 is 0 Å². The van der Waals surface area contributed by atoms with Crippen molar-refractivity contribution in [2.45, 2.75) is 20.0 Å². The topological polar surface area (TPSA) is 78.3 Å². The van der Waals surface area contributed by atoms with Gasteiger partial charge in [0.2, 0.25) is 0 Å². The Labute approximate surface area is 48.8 Å². The van der Waals surface area contributed by atoms with Gasteiger partial charge in [0, 0.05) is 0 Å². The minimum absolute atomic E-state index is 0.171. The molecule has 0 aromatic carbocycles. The van der Waals surface area contributed by atoms with Crippen molar-refractivity contribution in [2.24, 2.45) is 11.0 Å². The molecule has 0 spiro atoms. The van der Waals surface area contributed by atoms with Crippen LogP contribution >= 0.6 is 7.67 Å². The molecule has 0 aliphatic rings. The Morgan fingerprint density at radius 2 is 1.88 bits per heavy atom. The summed E-state index contributed by atoms with van der Waals surface area (Å²) in [4.78, 5) is 0. The highest BCUT2D eigenvalue weighted by molar-refractivity contribution is 7.53. The van der Waals surface area contributed by atoms with Gasteiger partial charge < -0.3 is 4.52 Å². The minimum atomic E-state index is -3.22. The molecule has 0 aromatic heterocycles. The van der Waals surface area contributed by atoms with E-state index < -0.39 is 7.67 Å². The molecule has 0 heterocycles. The second kappa shape index (κ2) is 2.60. The Morgan fingerprint density at radius 1 is 1.50 bits per heavy atom. The number of nitrogens with two attached hydrogens (primary N) is 2. The Hall–Kier alpha value is 0.110. The van der Waals surface area contributed by atoms with E-state index in [-0.39, 0.29) is 6.10 Å². The summed E-state index contributed by atoms with van der Waals surface area (Å²) >= 11 is 0. The standard InChI is InChI=1S/C3H11N2O2P/c1-3(2)7-8(4,5)6/h3H,1-2H3,(H4,4,5,6). The van der Waals surface area contributed by atoms with Crippen molar-refractivity contribution in [3.8, 4) is 0 Å². The maximum Gasteiger partial charge on any atom is 0.335 e. The predicted molar refractivity (Wildman–Crippen MR) is 32.2 cm³/mol. The lowest BCUT2D eigenvalue weighted by Gasteiger charge is -2.09. The molecule has 4 nitrogen and oxygen atoms in total. The van der Waals surface area contributed by atoms with Crippen LogP contribution in [-0.2, 0) is 9.09 Å². The summed E-state index contributed by atoms with van der Waals surface area (Å²) in [5.74, 6) is 0. The molecule has 4 N–H and O–H groups in total. The van der Waals surface area contributed by atoms with Gasteiger partial charge in [-0.1, -0.05) is 0 Å². The van der Waals surface area contributed by atoms with Crippen LogP contribution in [0.1, 0.15) is 13.8 Å². The van der Waals surface area contributed by atoms with Crippen molar-refractivity contribution >= 4 is 7.67 Å². The van der Waals surface area contributed by atoms with Gasteiger partial charge in [0.1, 0.15) is 0 Å². The van der Waals surface area contributed by atoms with E-state index in [4.69, 9.17) is 11.0 Å². The highest BCUT2D eigenvalue weighted by Gasteiger charge is 2.09.